The van der Waals surface area contributed by atoms with E-state index in [1.807, 2.05) is 55.5 Å². The van der Waals surface area contributed by atoms with Crippen LogP contribution in [-0.2, 0) is 16.1 Å². The Balaban J connectivity index is 2.01. The van der Waals surface area contributed by atoms with Gasteiger partial charge in [-0.25, -0.2) is 9.19 Å². The average molecular weight is 396 g/mol. The summed E-state index contributed by atoms with van der Waals surface area (Å²) in [5.41, 5.74) is 0.404. The molecule has 3 aromatic rings. The average Bonchev–Trinajstić information content (AvgIpc) is 2.76. The Kier molecular flexibility index (Phi) is 5.31. The highest BCUT2D eigenvalue weighted by molar-refractivity contribution is 7.94. The first-order chi connectivity index (χ1) is 13.6. The number of nitrogens with zero attached hydrogens (tertiary/aromatic N) is 3. The fraction of sp³-hybridized carbons (Fsp3) is 0.364. The van der Waals surface area contributed by atoms with E-state index in [9.17, 15) is 9.00 Å². The van der Waals surface area contributed by atoms with Crippen LogP contribution in [0.2, 0.25) is 0 Å². The van der Waals surface area contributed by atoms with Gasteiger partial charge < -0.3 is 0 Å². The first-order valence-electron chi connectivity index (χ1n) is 9.95. The summed E-state index contributed by atoms with van der Waals surface area (Å²) in [4.78, 5) is 18.5. The van der Waals surface area contributed by atoms with E-state index < -0.39 is 9.73 Å². The van der Waals surface area contributed by atoms with Crippen molar-refractivity contribution >= 4 is 20.6 Å². The number of rotatable bonds is 4. The van der Waals surface area contributed by atoms with Crippen LogP contribution in [0.15, 0.2) is 68.8 Å². The van der Waals surface area contributed by atoms with E-state index in [-0.39, 0.29) is 10.8 Å². The number of hydrogen-bond acceptors (Lipinski definition) is 4. The molecule has 1 unspecified atom stereocenters. The minimum absolute atomic E-state index is 0.0493. The van der Waals surface area contributed by atoms with Gasteiger partial charge in [0, 0.05) is 16.6 Å². The van der Waals surface area contributed by atoms with Crippen LogP contribution in [-0.4, -0.2) is 19.1 Å². The Morgan fingerprint density at radius 2 is 1.71 bits per heavy atom. The van der Waals surface area contributed by atoms with Gasteiger partial charge in [-0.3, -0.25) is 4.79 Å². The van der Waals surface area contributed by atoms with Crippen molar-refractivity contribution in [3.8, 4) is 0 Å². The molecule has 0 bridgehead atoms. The third-order valence-electron chi connectivity index (χ3n) is 5.42. The van der Waals surface area contributed by atoms with Gasteiger partial charge in [0.05, 0.1) is 10.9 Å². The monoisotopic (exact) mass is 395 g/mol. The van der Waals surface area contributed by atoms with Crippen molar-refractivity contribution in [3.05, 3.63) is 70.8 Å². The molecule has 1 fully saturated rings. The van der Waals surface area contributed by atoms with Gasteiger partial charge in [0.1, 0.15) is 15.6 Å². The molecule has 0 amide bonds. The molecule has 2 aromatic carbocycles. The van der Waals surface area contributed by atoms with Crippen LogP contribution in [0.3, 0.4) is 0 Å². The van der Waals surface area contributed by atoms with Crippen LogP contribution in [0.1, 0.15) is 44.9 Å². The molecule has 1 heterocycles. The van der Waals surface area contributed by atoms with Gasteiger partial charge in [0.15, 0.2) is 0 Å². The summed E-state index contributed by atoms with van der Waals surface area (Å²) in [7, 11) is -2.80. The van der Waals surface area contributed by atoms with Gasteiger partial charge in [-0.15, -0.1) is 4.47 Å². The second kappa shape index (κ2) is 7.87. The molecule has 0 N–H and O–H groups in total. The maximum atomic E-state index is 14.3. The molecular weight excluding hydrogens is 370 g/mol. The Morgan fingerprint density at radius 1 is 1.04 bits per heavy atom. The molecule has 1 aliphatic carbocycles. The standard InChI is InChI=1S/C22H25N3O2S/c1-2-21-23-20-16-10-9-15-19(20)22(26)25(21)24-28(27,17-11-5-3-6-12-17)18-13-7-4-8-14-18/h3,5-6,9-12,15-16,18H,2,4,7-8,13-14H2,1H3. The lowest BCUT2D eigenvalue weighted by atomic mass is 10.0. The predicted octanol–water partition coefficient (Wildman–Crippen LogP) is 4.58. The number of aryl methyl sites for hydroxylation is 1. The number of fused-ring (bicyclic) bond motifs is 1. The molecule has 146 valence electrons. The molecule has 6 heteroatoms. The second-order valence-electron chi connectivity index (χ2n) is 7.24. The minimum Gasteiger partial charge on any atom is -0.267 e. The maximum absolute atomic E-state index is 14.3. The smallest absolute Gasteiger partial charge is 0.267 e. The predicted molar refractivity (Wildman–Crippen MR) is 113 cm³/mol. The fourth-order valence-corrected chi connectivity index (χ4v) is 6.45. The molecule has 0 spiro atoms. The summed E-state index contributed by atoms with van der Waals surface area (Å²) < 4.78 is 20.3. The highest BCUT2D eigenvalue weighted by Gasteiger charge is 2.28. The zero-order chi connectivity index (χ0) is 19.6. The van der Waals surface area contributed by atoms with Crippen LogP contribution in [0, 0.1) is 0 Å². The van der Waals surface area contributed by atoms with Crippen molar-refractivity contribution in [2.75, 3.05) is 0 Å². The molecule has 1 atom stereocenters. The molecule has 28 heavy (non-hydrogen) atoms. The van der Waals surface area contributed by atoms with Gasteiger partial charge in [0.2, 0.25) is 0 Å². The highest BCUT2D eigenvalue weighted by atomic mass is 32.2. The van der Waals surface area contributed by atoms with Gasteiger partial charge in [-0.2, -0.15) is 4.68 Å². The van der Waals surface area contributed by atoms with Crippen molar-refractivity contribution in [1.82, 2.24) is 9.66 Å². The third-order valence-corrected chi connectivity index (χ3v) is 8.15. The SMILES string of the molecule is CCc1nc2ccccc2c(=O)n1N=S(=O)(c1ccccc1)C1CCCCC1. The van der Waals surface area contributed by atoms with Crippen LogP contribution < -0.4 is 5.56 Å². The zero-order valence-electron chi connectivity index (χ0n) is 16.1. The highest BCUT2D eigenvalue weighted by Crippen LogP contribution is 2.30. The number of benzene rings is 2. The van der Waals surface area contributed by atoms with E-state index in [4.69, 9.17) is 0 Å². The summed E-state index contributed by atoms with van der Waals surface area (Å²) >= 11 is 0. The largest absolute Gasteiger partial charge is 0.282 e. The zero-order valence-corrected chi connectivity index (χ0v) is 16.9. The van der Waals surface area contributed by atoms with Crippen molar-refractivity contribution in [1.29, 1.82) is 0 Å². The number of hydrogen-bond donors (Lipinski definition) is 0. The topological polar surface area (TPSA) is 64.3 Å². The van der Waals surface area contributed by atoms with Crippen molar-refractivity contribution in [2.24, 2.45) is 4.47 Å². The Bertz CT molecular complexity index is 1160. The minimum atomic E-state index is -2.80. The maximum Gasteiger partial charge on any atom is 0.282 e. The Hall–Kier alpha value is -2.47. The Morgan fingerprint density at radius 3 is 2.43 bits per heavy atom. The van der Waals surface area contributed by atoms with E-state index >= 15 is 0 Å². The molecule has 5 nitrogen and oxygen atoms in total. The van der Waals surface area contributed by atoms with Gasteiger partial charge in [-0.1, -0.05) is 56.5 Å². The van der Waals surface area contributed by atoms with Gasteiger partial charge in [-0.05, 0) is 37.1 Å². The van der Waals surface area contributed by atoms with Crippen LogP contribution in [0.4, 0.5) is 0 Å². The van der Waals surface area contributed by atoms with E-state index in [1.165, 1.54) is 11.1 Å². The molecule has 1 saturated carbocycles. The molecule has 0 saturated heterocycles. The van der Waals surface area contributed by atoms with Crippen molar-refractivity contribution in [3.63, 3.8) is 0 Å². The lowest BCUT2D eigenvalue weighted by Gasteiger charge is -2.25. The number of para-hydroxylation sites is 1. The molecular formula is C22H25N3O2S. The molecule has 4 rings (SSSR count). The van der Waals surface area contributed by atoms with E-state index in [0.717, 1.165) is 25.7 Å². The van der Waals surface area contributed by atoms with E-state index in [0.29, 0.717) is 28.0 Å². The van der Waals surface area contributed by atoms with Gasteiger partial charge in [0.25, 0.3) is 5.56 Å². The van der Waals surface area contributed by atoms with Crippen molar-refractivity contribution in [2.45, 2.75) is 55.6 Å². The molecule has 0 radical (unpaired) electrons. The van der Waals surface area contributed by atoms with Crippen LogP contribution in [0.5, 0.6) is 0 Å². The first-order valence-corrected chi connectivity index (χ1v) is 11.5. The van der Waals surface area contributed by atoms with E-state index in [1.54, 1.807) is 6.07 Å². The normalized spacial score (nSPS) is 17.3. The van der Waals surface area contributed by atoms with Crippen LogP contribution >= 0.6 is 0 Å². The summed E-state index contributed by atoms with van der Waals surface area (Å²) in [6.45, 7) is 1.94. The first kappa shape index (κ1) is 18.9. The third kappa shape index (κ3) is 3.37. The van der Waals surface area contributed by atoms with E-state index in [2.05, 4.69) is 9.46 Å². The number of aromatic nitrogens is 2. The second-order valence-corrected chi connectivity index (χ2v) is 9.68. The molecule has 1 aromatic heterocycles. The van der Waals surface area contributed by atoms with Crippen LogP contribution in [0.25, 0.3) is 10.9 Å². The summed E-state index contributed by atoms with van der Waals surface area (Å²) in [6.07, 6.45) is 5.55. The quantitative estimate of drug-likeness (QED) is 0.649. The summed E-state index contributed by atoms with van der Waals surface area (Å²) in [5.74, 6) is 0.545. The van der Waals surface area contributed by atoms with Gasteiger partial charge >= 0.3 is 0 Å². The summed E-state index contributed by atoms with van der Waals surface area (Å²) in [6, 6.07) is 16.7. The fourth-order valence-electron chi connectivity index (χ4n) is 3.91. The Labute approximate surface area is 165 Å². The molecule has 1 aliphatic rings. The molecule has 0 aliphatic heterocycles. The summed E-state index contributed by atoms with van der Waals surface area (Å²) in [5, 5.41) is 0.452. The lowest BCUT2D eigenvalue weighted by molar-refractivity contribution is 0.500. The lowest BCUT2D eigenvalue weighted by Crippen LogP contribution is -2.29. The van der Waals surface area contributed by atoms with Crippen molar-refractivity contribution < 1.29 is 4.21 Å².